The van der Waals surface area contributed by atoms with Crippen LogP contribution < -0.4 is 9.64 Å². The summed E-state index contributed by atoms with van der Waals surface area (Å²) in [5, 5.41) is 0.898. The maximum atomic E-state index is 12.5. The highest BCUT2D eigenvalue weighted by atomic mass is 35.5. The topological polar surface area (TPSA) is 46.6 Å². The molecule has 130 valence electrons. The second-order valence-electron chi connectivity index (χ2n) is 6.12. The van der Waals surface area contributed by atoms with Gasteiger partial charge in [-0.2, -0.15) is 0 Å². The van der Waals surface area contributed by atoms with Crippen LogP contribution in [-0.2, 0) is 9.59 Å². The third kappa shape index (κ3) is 3.65. The molecule has 6 heteroatoms. The molecule has 0 aliphatic carbocycles. The van der Waals surface area contributed by atoms with Crippen LogP contribution in [0.5, 0.6) is 5.75 Å². The van der Waals surface area contributed by atoms with Gasteiger partial charge < -0.3 is 9.64 Å². The molecule has 0 radical (unpaired) electrons. The molecule has 4 nitrogen and oxygen atoms in total. The molecular formula is C19H17Cl2NO3. The largest absolute Gasteiger partial charge is 0.426 e. The first-order chi connectivity index (χ1) is 11.9. The first-order valence-corrected chi connectivity index (χ1v) is 8.65. The van der Waals surface area contributed by atoms with Gasteiger partial charge in [0.2, 0.25) is 5.91 Å². The molecule has 0 saturated carbocycles. The molecule has 0 bridgehead atoms. The summed E-state index contributed by atoms with van der Waals surface area (Å²) in [6.07, 6.45) is 0.0898. The van der Waals surface area contributed by atoms with E-state index in [1.54, 1.807) is 24.3 Å². The second-order valence-corrected chi connectivity index (χ2v) is 6.96. The Morgan fingerprint density at radius 2 is 1.96 bits per heavy atom. The number of halogens is 2. The molecule has 3 rings (SSSR count). The summed E-state index contributed by atoms with van der Waals surface area (Å²) < 4.78 is 5.52. The third-order valence-electron chi connectivity index (χ3n) is 4.42. The minimum absolute atomic E-state index is 0.0898. The Morgan fingerprint density at radius 1 is 1.20 bits per heavy atom. The number of ether oxygens (including phenoxy) is 1. The fourth-order valence-corrected chi connectivity index (χ4v) is 3.20. The molecule has 1 atom stereocenters. The standard InChI is InChI=1S/C19H17Cl2NO3/c1-11-4-3-5-17(12(11)2)25-19(24)13-8-18(23)22(10-13)16-9-14(20)6-7-15(16)21/h3-7,9,13H,8,10H2,1-2H3/t13-/m0/s1. The Hall–Kier alpha value is -2.04. The van der Waals surface area contributed by atoms with E-state index in [9.17, 15) is 9.59 Å². The fourth-order valence-electron chi connectivity index (χ4n) is 2.82. The molecule has 1 heterocycles. The van der Waals surface area contributed by atoms with E-state index in [1.807, 2.05) is 26.0 Å². The Morgan fingerprint density at radius 3 is 2.72 bits per heavy atom. The monoisotopic (exact) mass is 377 g/mol. The molecular weight excluding hydrogens is 361 g/mol. The van der Waals surface area contributed by atoms with E-state index < -0.39 is 11.9 Å². The quantitative estimate of drug-likeness (QED) is 0.581. The van der Waals surface area contributed by atoms with Gasteiger partial charge in [-0.15, -0.1) is 0 Å². The number of amides is 1. The molecule has 1 aliphatic rings. The minimum Gasteiger partial charge on any atom is -0.426 e. The maximum absolute atomic E-state index is 12.5. The number of benzene rings is 2. The van der Waals surface area contributed by atoms with Crippen LogP contribution in [0.4, 0.5) is 5.69 Å². The molecule has 1 aliphatic heterocycles. The Kier molecular flexibility index (Phi) is 5.02. The van der Waals surface area contributed by atoms with Gasteiger partial charge in [-0.3, -0.25) is 9.59 Å². The fraction of sp³-hybridized carbons (Fsp3) is 0.263. The Bertz CT molecular complexity index is 851. The van der Waals surface area contributed by atoms with Crippen LogP contribution in [0.2, 0.25) is 10.0 Å². The van der Waals surface area contributed by atoms with Gasteiger partial charge in [0.05, 0.1) is 16.6 Å². The van der Waals surface area contributed by atoms with Gasteiger partial charge >= 0.3 is 5.97 Å². The first-order valence-electron chi connectivity index (χ1n) is 7.90. The summed E-state index contributed by atoms with van der Waals surface area (Å²) >= 11 is 12.2. The van der Waals surface area contributed by atoms with E-state index in [0.29, 0.717) is 21.5 Å². The molecule has 0 N–H and O–H groups in total. The highest BCUT2D eigenvalue weighted by Crippen LogP contribution is 2.34. The Labute approximate surface area is 156 Å². The molecule has 1 fully saturated rings. The minimum atomic E-state index is -0.539. The van der Waals surface area contributed by atoms with Crippen molar-refractivity contribution in [1.82, 2.24) is 0 Å². The van der Waals surface area contributed by atoms with Crippen molar-refractivity contribution in [2.24, 2.45) is 5.92 Å². The van der Waals surface area contributed by atoms with Crippen LogP contribution in [-0.4, -0.2) is 18.4 Å². The van der Waals surface area contributed by atoms with Crippen molar-refractivity contribution in [2.75, 3.05) is 11.4 Å². The predicted molar refractivity (Wildman–Crippen MR) is 98.5 cm³/mol. The molecule has 2 aromatic rings. The predicted octanol–water partition coefficient (Wildman–Crippen LogP) is 4.57. The summed E-state index contributed by atoms with van der Waals surface area (Å²) in [5.74, 6) is -0.603. The van der Waals surface area contributed by atoms with Gasteiger partial charge in [-0.25, -0.2) is 0 Å². The molecule has 2 aromatic carbocycles. The molecule has 25 heavy (non-hydrogen) atoms. The van der Waals surface area contributed by atoms with E-state index in [0.717, 1.165) is 11.1 Å². The molecule has 0 aromatic heterocycles. The van der Waals surface area contributed by atoms with Crippen LogP contribution in [0.25, 0.3) is 0 Å². The van der Waals surface area contributed by atoms with Crippen molar-refractivity contribution < 1.29 is 14.3 Å². The summed E-state index contributed by atoms with van der Waals surface area (Å²) in [7, 11) is 0. The van der Waals surface area contributed by atoms with Crippen molar-refractivity contribution in [3.8, 4) is 5.75 Å². The average Bonchev–Trinajstić information content (AvgIpc) is 2.96. The molecule has 1 amide bonds. The number of hydrogen-bond acceptors (Lipinski definition) is 3. The number of carbonyl (C=O) groups is 2. The summed E-state index contributed by atoms with van der Waals surface area (Å²) in [4.78, 5) is 26.3. The lowest BCUT2D eigenvalue weighted by Gasteiger charge is -2.18. The highest BCUT2D eigenvalue weighted by Gasteiger charge is 2.37. The zero-order valence-corrected chi connectivity index (χ0v) is 15.4. The van der Waals surface area contributed by atoms with Crippen LogP contribution >= 0.6 is 23.2 Å². The summed E-state index contributed by atoms with van der Waals surface area (Å²) in [6.45, 7) is 4.08. The zero-order chi connectivity index (χ0) is 18.1. The molecule has 1 saturated heterocycles. The van der Waals surface area contributed by atoms with Crippen LogP contribution in [0.3, 0.4) is 0 Å². The van der Waals surface area contributed by atoms with Gasteiger partial charge in [0, 0.05) is 18.0 Å². The lowest BCUT2D eigenvalue weighted by molar-refractivity contribution is -0.139. The second kappa shape index (κ2) is 7.06. The van der Waals surface area contributed by atoms with E-state index >= 15 is 0 Å². The van der Waals surface area contributed by atoms with Crippen molar-refractivity contribution in [3.63, 3.8) is 0 Å². The number of carbonyl (C=O) groups excluding carboxylic acids is 2. The van der Waals surface area contributed by atoms with Crippen molar-refractivity contribution in [3.05, 3.63) is 57.6 Å². The van der Waals surface area contributed by atoms with Crippen molar-refractivity contribution in [1.29, 1.82) is 0 Å². The van der Waals surface area contributed by atoms with Crippen molar-refractivity contribution in [2.45, 2.75) is 20.3 Å². The van der Waals surface area contributed by atoms with E-state index in [4.69, 9.17) is 27.9 Å². The van der Waals surface area contributed by atoms with E-state index in [2.05, 4.69) is 0 Å². The number of hydrogen-bond donors (Lipinski definition) is 0. The third-order valence-corrected chi connectivity index (χ3v) is 4.98. The van der Waals surface area contributed by atoms with E-state index in [1.165, 1.54) is 4.90 Å². The van der Waals surface area contributed by atoms with Gasteiger partial charge in [0.25, 0.3) is 0 Å². The Balaban J connectivity index is 1.77. The average molecular weight is 378 g/mol. The summed E-state index contributed by atoms with van der Waals surface area (Å²) in [5.41, 5.74) is 2.47. The van der Waals surface area contributed by atoms with Crippen molar-refractivity contribution >= 4 is 40.8 Å². The summed E-state index contributed by atoms with van der Waals surface area (Å²) in [6, 6.07) is 10.5. The smallest absolute Gasteiger partial charge is 0.316 e. The van der Waals surface area contributed by atoms with Crippen LogP contribution in [0, 0.1) is 19.8 Å². The first kappa shape index (κ1) is 17.8. The van der Waals surface area contributed by atoms with Crippen LogP contribution in [0.1, 0.15) is 17.5 Å². The normalized spacial score (nSPS) is 17.0. The van der Waals surface area contributed by atoms with Gasteiger partial charge in [-0.05, 0) is 49.2 Å². The van der Waals surface area contributed by atoms with Gasteiger partial charge in [0.15, 0.2) is 0 Å². The number of rotatable bonds is 3. The number of esters is 1. The zero-order valence-electron chi connectivity index (χ0n) is 13.9. The van der Waals surface area contributed by atoms with E-state index in [-0.39, 0.29) is 18.9 Å². The maximum Gasteiger partial charge on any atom is 0.316 e. The number of anilines is 1. The highest BCUT2D eigenvalue weighted by molar-refractivity contribution is 6.35. The van der Waals surface area contributed by atoms with Gasteiger partial charge in [0.1, 0.15) is 5.75 Å². The lowest BCUT2D eigenvalue weighted by atomic mass is 10.1. The van der Waals surface area contributed by atoms with Gasteiger partial charge in [-0.1, -0.05) is 35.3 Å². The van der Waals surface area contributed by atoms with Crippen LogP contribution in [0.15, 0.2) is 36.4 Å². The number of nitrogens with zero attached hydrogens (tertiary/aromatic N) is 1. The lowest BCUT2D eigenvalue weighted by Crippen LogP contribution is -2.27. The molecule has 0 spiro atoms. The number of aryl methyl sites for hydroxylation is 1. The SMILES string of the molecule is Cc1cccc(OC(=O)[C@H]2CC(=O)N(c3cc(Cl)ccc3Cl)C2)c1C. The molecule has 0 unspecified atom stereocenters.